The molecule has 0 saturated heterocycles. The maximum Gasteiger partial charge on any atom is 0.240 e. The molecule has 0 radical (unpaired) electrons. The second kappa shape index (κ2) is 6.98. The van der Waals surface area contributed by atoms with Crippen LogP contribution in [0.5, 0.6) is 0 Å². The zero-order chi connectivity index (χ0) is 18.0. The second-order valence-electron chi connectivity index (χ2n) is 6.30. The van der Waals surface area contributed by atoms with Gasteiger partial charge in [-0.25, -0.2) is 17.5 Å². The Balaban J connectivity index is 1.68. The highest BCUT2D eigenvalue weighted by molar-refractivity contribution is 7.89. The lowest BCUT2D eigenvalue weighted by Gasteiger charge is -2.14. The van der Waals surface area contributed by atoms with Gasteiger partial charge in [0, 0.05) is 30.2 Å². The van der Waals surface area contributed by atoms with Gasteiger partial charge in [0.25, 0.3) is 0 Å². The fraction of sp³-hybridized carbons (Fsp3) is 0.263. The number of rotatable bonds is 6. The molecule has 0 saturated carbocycles. The number of benzene rings is 2. The van der Waals surface area contributed by atoms with Crippen molar-refractivity contribution in [1.29, 1.82) is 0 Å². The van der Waals surface area contributed by atoms with Crippen molar-refractivity contribution in [1.82, 2.24) is 9.29 Å². The molecule has 3 aromatic rings. The molecule has 1 atom stereocenters. The van der Waals surface area contributed by atoms with Gasteiger partial charge in [0.15, 0.2) is 0 Å². The summed E-state index contributed by atoms with van der Waals surface area (Å²) in [5, 5.41) is 1.19. The number of hydrogen-bond donors (Lipinski definition) is 1. The molecule has 0 spiro atoms. The number of aromatic nitrogens is 1. The lowest BCUT2D eigenvalue weighted by atomic mass is 10.1. The molecule has 0 fully saturated rings. The SMILES string of the molecule is C[C@H](CCc1cn(C)c2ccccc12)NS(=O)(=O)c1ccc(F)cc1. The van der Waals surface area contributed by atoms with Gasteiger partial charge in [0.2, 0.25) is 10.0 Å². The Kier molecular flexibility index (Phi) is 4.92. The minimum atomic E-state index is -3.64. The van der Waals surface area contributed by atoms with E-state index in [-0.39, 0.29) is 10.9 Å². The molecule has 0 aliphatic carbocycles. The van der Waals surface area contributed by atoms with Crippen molar-refractivity contribution in [2.24, 2.45) is 7.05 Å². The van der Waals surface area contributed by atoms with Gasteiger partial charge in [-0.1, -0.05) is 18.2 Å². The van der Waals surface area contributed by atoms with Crippen LogP contribution in [0.1, 0.15) is 18.9 Å². The highest BCUT2D eigenvalue weighted by Gasteiger charge is 2.17. The van der Waals surface area contributed by atoms with Gasteiger partial charge in [-0.15, -0.1) is 0 Å². The van der Waals surface area contributed by atoms with E-state index in [2.05, 4.69) is 27.6 Å². The number of sulfonamides is 1. The molecule has 0 amide bonds. The zero-order valence-electron chi connectivity index (χ0n) is 14.2. The van der Waals surface area contributed by atoms with Gasteiger partial charge in [-0.3, -0.25) is 0 Å². The Bertz CT molecular complexity index is 978. The molecule has 2 aromatic carbocycles. The Morgan fingerprint density at radius 3 is 2.52 bits per heavy atom. The molecular formula is C19H21FN2O2S. The number of halogens is 1. The maximum atomic E-state index is 13.0. The number of fused-ring (bicyclic) bond motifs is 1. The van der Waals surface area contributed by atoms with E-state index in [4.69, 9.17) is 0 Å². The lowest BCUT2D eigenvalue weighted by molar-refractivity contribution is 0.546. The van der Waals surface area contributed by atoms with E-state index in [0.29, 0.717) is 6.42 Å². The van der Waals surface area contributed by atoms with Crippen molar-refractivity contribution in [3.63, 3.8) is 0 Å². The summed E-state index contributed by atoms with van der Waals surface area (Å²) in [5.41, 5.74) is 2.36. The third kappa shape index (κ3) is 3.91. The van der Waals surface area contributed by atoms with Crippen molar-refractivity contribution in [3.8, 4) is 0 Å². The Labute approximate surface area is 147 Å². The second-order valence-corrected chi connectivity index (χ2v) is 8.01. The van der Waals surface area contributed by atoms with E-state index in [1.807, 2.05) is 26.1 Å². The highest BCUT2D eigenvalue weighted by atomic mass is 32.2. The van der Waals surface area contributed by atoms with Crippen LogP contribution in [0, 0.1) is 5.82 Å². The van der Waals surface area contributed by atoms with E-state index < -0.39 is 15.8 Å². The predicted molar refractivity (Wildman–Crippen MR) is 97.4 cm³/mol. The molecule has 0 bridgehead atoms. The molecule has 0 aliphatic rings. The van der Waals surface area contributed by atoms with E-state index >= 15 is 0 Å². The standard InChI is InChI=1S/C19H21FN2O2S/c1-14(21-25(23,24)17-11-9-16(20)10-12-17)7-8-15-13-22(2)19-6-4-3-5-18(15)19/h3-6,9-14,21H,7-8H2,1-2H3/t14-/m1/s1. The first-order chi connectivity index (χ1) is 11.9. The fourth-order valence-corrected chi connectivity index (χ4v) is 4.28. The van der Waals surface area contributed by atoms with Crippen molar-refractivity contribution in [2.45, 2.75) is 30.7 Å². The van der Waals surface area contributed by atoms with E-state index in [1.54, 1.807) is 0 Å². The van der Waals surface area contributed by atoms with Gasteiger partial charge in [0.1, 0.15) is 5.82 Å². The Morgan fingerprint density at radius 1 is 1.12 bits per heavy atom. The van der Waals surface area contributed by atoms with Crippen LogP contribution in [0.25, 0.3) is 10.9 Å². The van der Waals surface area contributed by atoms with Crippen LogP contribution >= 0.6 is 0 Å². The molecule has 1 aromatic heterocycles. The smallest absolute Gasteiger partial charge is 0.240 e. The highest BCUT2D eigenvalue weighted by Crippen LogP contribution is 2.22. The predicted octanol–water partition coefficient (Wildman–Crippen LogP) is 3.62. The third-order valence-electron chi connectivity index (χ3n) is 4.31. The van der Waals surface area contributed by atoms with E-state index in [0.717, 1.165) is 24.1 Å². The number of para-hydroxylation sites is 1. The first-order valence-corrected chi connectivity index (χ1v) is 9.66. The molecule has 0 unspecified atom stereocenters. The molecule has 1 heterocycles. The van der Waals surface area contributed by atoms with Crippen LogP contribution in [-0.4, -0.2) is 19.0 Å². The van der Waals surface area contributed by atoms with Gasteiger partial charge in [-0.05, 0) is 55.7 Å². The molecule has 25 heavy (non-hydrogen) atoms. The monoisotopic (exact) mass is 360 g/mol. The third-order valence-corrected chi connectivity index (χ3v) is 5.91. The number of nitrogens with zero attached hydrogens (tertiary/aromatic N) is 1. The summed E-state index contributed by atoms with van der Waals surface area (Å²) in [4.78, 5) is 0.0749. The topological polar surface area (TPSA) is 51.1 Å². The minimum absolute atomic E-state index is 0.0749. The van der Waals surface area contributed by atoms with Crippen LogP contribution in [0.15, 0.2) is 59.6 Å². The summed E-state index contributed by atoms with van der Waals surface area (Å²) >= 11 is 0. The first-order valence-electron chi connectivity index (χ1n) is 8.17. The average molecular weight is 360 g/mol. The summed E-state index contributed by atoms with van der Waals surface area (Å²) in [6.07, 6.45) is 3.54. The zero-order valence-corrected chi connectivity index (χ0v) is 15.1. The fourth-order valence-electron chi connectivity index (χ4n) is 3.00. The normalized spacial score (nSPS) is 13.2. The summed E-state index contributed by atoms with van der Waals surface area (Å²) in [6, 6.07) is 12.8. The molecular weight excluding hydrogens is 339 g/mol. The molecule has 4 nitrogen and oxygen atoms in total. The molecule has 132 valence electrons. The molecule has 0 aliphatic heterocycles. The van der Waals surface area contributed by atoms with Crippen LogP contribution in [0.2, 0.25) is 0 Å². The van der Waals surface area contributed by atoms with Crippen LogP contribution in [0.4, 0.5) is 4.39 Å². The van der Waals surface area contributed by atoms with Crippen molar-refractivity contribution < 1.29 is 12.8 Å². The van der Waals surface area contributed by atoms with Crippen molar-refractivity contribution >= 4 is 20.9 Å². The average Bonchev–Trinajstić information content (AvgIpc) is 2.90. The summed E-state index contributed by atoms with van der Waals surface area (Å²) in [7, 11) is -1.63. The van der Waals surface area contributed by atoms with Gasteiger partial charge < -0.3 is 4.57 Å². The van der Waals surface area contributed by atoms with Crippen LogP contribution < -0.4 is 4.72 Å². The van der Waals surface area contributed by atoms with Crippen LogP contribution in [-0.2, 0) is 23.5 Å². The molecule has 3 rings (SSSR count). The maximum absolute atomic E-state index is 13.0. The Morgan fingerprint density at radius 2 is 1.80 bits per heavy atom. The number of hydrogen-bond acceptors (Lipinski definition) is 2. The van der Waals surface area contributed by atoms with Gasteiger partial charge in [0.05, 0.1) is 4.90 Å². The molecule has 1 N–H and O–H groups in total. The van der Waals surface area contributed by atoms with E-state index in [1.165, 1.54) is 23.1 Å². The Hall–Kier alpha value is -2.18. The lowest BCUT2D eigenvalue weighted by Crippen LogP contribution is -2.32. The summed E-state index contributed by atoms with van der Waals surface area (Å²) in [5.74, 6) is -0.456. The largest absolute Gasteiger partial charge is 0.350 e. The minimum Gasteiger partial charge on any atom is -0.350 e. The van der Waals surface area contributed by atoms with Crippen LogP contribution in [0.3, 0.4) is 0 Å². The number of aryl methyl sites for hydroxylation is 2. The summed E-state index contributed by atoms with van der Waals surface area (Å²) in [6.45, 7) is 1.84. The van der Waals surface area contributed by atoms with Gasteiger partial charge in [-0.2, -0.15) is 0 Å². The van der Waals surface area contributed by atoms with Gasteiger partial charge >= 0.3 is 0 Å². The van der Waals surface area contributed by atoms with Crippen molar-refractivity contribution in [3.05, 3.63) is 66.1 Å². The van der Waals surface area contributed by atoms with E-state index in [9.17, 15) is 12.8 Å². The quantitative estimate of drug-likeness (QED) is 0.730. The first kappa shape index (κ1) is 17.6. The molecule has 6 heteroatoms. The van der Waals surface area contributed by atoms with Crippen molar-refractivity contribution in [2.75, 3.05) is 0 Å². The number of nitrogens with one attached hydrogen (secondary N) is 1. The summed E-state index contributed by atoms with van der Waals surface area (Å²) < 4.78 is 42.4.